The Hall–Kier alpha value is -6.17. The molecule has 12 heteroatoms. The number of carbonyl (C=O) groups excluding carboxylic acids is 2. The number of nitrogens with zero attached hydrogens (tertiary/aromatic N) is 4. The van der Waals surface area contributed by atoms with E-state index in [1.807, 2.05) is 115 Å². The predicted octanol–water partition coefficient (Wildman–Crippen LogP) is 6.06. The molecule has 0 saturated carbocycles. The van der Waals surface area contributed by atoms with Crippen LogP contribution in [-0.4, -0.2) is 61.4 Å². The first-order valence-electron chi connectivity index (χ1n) is 17.3. The molecule has 6 aromatic rings. The maximum Gasteiger partial charge on any atom is 0.408 e. The molecule has 0 saturated heterocycles. The summed E-state index contributed by atoms with van der Waals surface area (Å²) in [5, 5.41) is 23.2. The van der Waals surface area contributed by atoms with Crippen molar-refractivity contribution in [1.29, 1.82) is 0 Å². The lowest BCUT2D eigenvalue weighted by atomic mass is 10.0. The van der Waals surface area contributed by atoms with Crippen LogP contribution in [0.1, 0.15) is 43.0 Å². The smallest absolute Gasteiger partial charge is 0.408 e. The fourth-order valence-electron chi connectivity index (χ4n) is 5.74. The molecule has 4 N–H and O–H groups in total. The summed E-state index contributed by atoms with van der Waals surface area (Å²) in [5.41, 5.74) is 4.25. The fourth-order valence-corrected chi connectivity index (χ4v) is 5.74. The monoisotopic (exact) mass is 700 g/mol. The van der Waals surface area contributed by atoms with Crippen LogP contribution in [0, 0.1) is 0 Å². The molecule has 0 aliphatic carbocycles. The van der Waals surface area contributed by atoms with Crippen molar-refractivity contribution in [3.63, 3.8) is 0 Å². The number of rotatable bonds is 15. The molecule has 0 aliphatic rings. The summed E-state index contributed by atoms with van der Waals surface area (Å²) >= 11 is 0. The summed E-state index contributed by atoms with van der Waals surface area (Å²) in [6.07, 6.45) is 2.00. The van der Waals surface area contributed by atoms with Gasteiger partial charge in [0.05, 0.1) is 12.6 Å². The molecular weight excluding hydrogens is 656 g/mol. The summed E-state index contributed by atoms with van der Waals surface area (Å²) in [5.74, 6) is 0.683. The van der Waals surface area contributed by atoms with Gasteiger partial charge in [-0.25, -0.2) is 4.79 Å². The molecule has 0 radical (unpaired) electrons. The SMILES string of the molecule is CC(C)(C)OC(=O)N[C@@H](Cc1ccc(OCc2ccccc2)cc1)C(=O)N[C@H](CNc1nnn(Cc2ccccc2)n1)Cc1c[nH]c2ccccc12. The number of nitrogens with one attached hydrogen (secondary N) is 4. The van der Waals surface area contributed by atoms with E-state index in [0.717, 1.165) is 33.2 Å². The van der Waals surface area contributed by atoms with E-state index in [1.165, 1.54) is 4.80 Å². The number of tetrazole rings is 1. The van der Waals surface area contributed by atoms with Crippen LogP contribution in [0.3, 0.4) is 0 Å². The highest BCUT2D eigenvalue weighted by atomic mass is 16.6. The zero-order valence-corrected chi connectivity index (χ0v) is 29.6. The standard InChI is InChI=1S/C40H44N8O4/c1-40(2,3)52-39(50)44-36(22-28-18-20-33(21-19-28)51-27-30-14-8-5-9-15-30)37(49)43-32(23-31-24-41-35-17-11-10-16-34(31)35)25-42-38-45-47-48(46-38)26-29-12-6-4-7-13-29/h4-21,24,32,36,41H,22-23,25-27H2,1-3H3,(H,42,46)(H,43,49)(H,44,50)/t32-,36-/m0/s1. The van der Waals surface area contributed by atoms with Crippen LogP contribution >= 0.6 is 0 Å². The lowest BCUT2D eigenvalue weighted by molar-refractivity contribution is -0.123. The summed E-state index contributed by atoms with van der Waals surface area (Å²) < 4.78 is 11.5. The number of carbonyl (C=O) groups is 2. The lowest BCUT2D eigenvalue weighted by Crippen LogP contribution is -2.53. The van der Waals surface area contributed by atoms with Crippen molar-refractivity contribution in [2.75, 3.05) is 11.9 Å². The number of amides is 2. The molecule has 2 amide bonds. The number of ether oxygens (including phenoxy) is 2. The minimum atomic E-state index is -0.929. The molecule has 268 valence electrons. The maximum absolute atomic E-state index is 14.1. The third kappa shape index (κ3) is 10.4. The van der Waals surface area contributed by atoms with Crippen LogP contribution < -0.4 is 20.7 Å². The van der Waals surface area contributed by atoms with E-state index < -0.39 is 23.8 Å². The number of anilines is 1. The number of benzene rings is 4. The van der Waals surface area contributed by atoms with Crippen LogP contribution in [0.2, 0.25) is 0 Å². The number of alkyl carbamates (subject to hydrolysis) is 1. The van der Waals surface area contributed by atoms with E-state index in [0.29, 0.717) is 37.8 Å². The Labute approximate surface area is 302 Å². The number of H-pyrrole nitrogens is 1. The summed E-state index contributed by atoms with van der Waals surface area (Å²) in [4.78, 5) is 31.9. The van der Waals surface area contributed by atoms with Gasteiger partial charge < -0.3 is 30.4 Å². The second kappa shape index (κ2) is 16.7. The highest BCUT2D eigenvalue weighted by molar-refractivity contribution is 5.87. The molecule has 4 aromatic carbocycles. The molecule has 0 fully saturated rings. The molecule has 2 aromatic heterocycles. The lowest BCUT2D eigenvalue weighted by Gasteiger charge is -2.26. The zero-order chi connectivity index (χ0) is 36.3. The first-order valence-corrected chi connectivity index (χ1v) is 17.3. The Bertz CT molecular complexity index is 2040. The maximum atomic E-state index is 14.1. The van der Waals surface area contributed by atoms with Gasteiger partial charge in [-0.3, -0.25) is 4.79 Å². The molecular formula is C40H44N8O4. The van der Waals surface area contributed by atoms with Crippen molar-refractivity contribution in [2.45, 2.75) is 64.4 Å². The van der Waals surface area contributed by atoms with E-state index in [9.17, 15) is 9.59 Å². The van der Waals surface area contributed by atoms with Gasteiger partial charge in [0.25, 0.3) is 5.95 Å². The van der Waals surface area contributed by atoms with E-state index in [2.05, 4.69) is 36.3 Å². The first kappa shape index (κ1) is 35.6. The summed E-state index contributed by atoms with van der Waals surface area (Å²) in [7, 11) is 0. The molecule has 52 heavy (non-hydrogen) atoms. The Morgan fingerprint density at radius 3 is 2.23 bits per heavy atom. The van der Waals surface area contributed by atoms with Gasteiger partial charge in [0.1, 0.15) is 24.0 Å². The molecule has 0 unspecified atom stereocenters. The van der Waals surface area contributed by atoms with Crippen molar-refractivity contribution >= 4 is 28.9 Å². The second-order valence-corrected chi connectivity index (χ2v) is 13.6. The largest absolute Gasteiger partial charge is 0.489 e. The normalized spacial score (nSPS) is 12.5. The van der Waals surface area contributed by atoms with Crippen molar-refractivity contribution in [1.82, 2.24) is 35.8 Å². The van der Waals surface area contributed by atoms with Gasteiger partial charge in [-0.1, -0.05) is 96.1 Å². The Morgan fingerprint density at radius 2 is 1.50 bits per heavy atom. The Morgan fingerprint density at radius 1 is 0.808 bits per heavy atom. The van der Waals surface area contributed by atoms with Crippen molar-refractivity contribution in [3.05, 3.63) is 138 Å². The van der Waals surface area contributed by atoms with Crippen molar-refractivity contribution < 1.29 is 19.1 Å². The third-order valence-electron chi connectivity index (χ3n) is 8.23. The van der Waals surface area contributed by atoms with Crippen molar-refractivity contribution in [3.8, 4) is 5.75 Å². The van der Waals surface area contributed by atoms with Crippen molar-refractivity contribution in [2.24, 2.45) is 0 Å². The number of hydrogen-bond donors (Lipinski definition) is 4. The van der Waals surface area contributed by atoms with E-state index >= 15 is 0 Å². The molecule has 2 atom stereocenters. The average molecular weight is 701 g/mol. The highest BCUT2D eigenvalue weighted by Gasteiger charge is 2.27. The van der Waals surface area contributed by atoms with Gasteiger partial charge in [-0.2, -0.15) is 4.80 Å². The zero-order valence-electron chi connectivity index (χ0n) is 29.6. The van der Waals surface area contributed by atoms with Crippen LogP contribution in [0.5, 0.6) is 5.75 Å². The van der Waals surface area contributed by atoms with Crippen LogP contribution in [0.4, 0.5) is 10.7 Å². The summed E-state index contributed by atoms with van der Waals surface area (Å²) in [6.45, 7) is 6.56. The average Bonchev–Trinajstić information content (AvgIpc) is 3.76. The number of hydrogen-bond acceptors (Lipinski definition) is 8. The molecule has 2 heterocycles. The molecule has 6 rings (SSSR count). The van der Waals surface area contributed by atoms with Gasteiger partial charge in [0, 0.05) is 30.1 Å². The quantitative estimate of drug-likeness (QED) is 0.101. The van der Waals surface area contributed by atoms with E-state index in [1.54, 1.807) is 20.8 Å². The van der Waals surface area contributed by atoms with Gasteiger partial charge >= 0.3 is 6.09 Å². The third-order valence-corrected chi connectivity index (χ3v) is 8.23. The fraction of sp³-hybridized carbons (Fsp3) is 0.275. The molecule has 0 spiro atoms. The number of aromatic amines is 1. The Kier molecular flexibility index (Phi) is 11.4. The molecule has 0 aliphatic heterocycles. The topological polar surface area (TPSA) is 148 Å². The highest BCUT2D eigenvalue weighted by Crippen LogP contribution is 2.20. The number of fused-ring (bicyclic) bond motifs is 1. The van der Waals surface area contributed by atoms with Gasteiger partial charge in [0.15, 0.2) is 0 Å². The van der Waals surface area contributed by atoms with Crippen LogP contribution in [0.25, 0.3) is 10.9 Å². The molecule has 0 bridgehead atoms. The minimum absolute atomic E-state index is 0.229. The predicted molar refractivity (Wildman–Crippen MR) is 200 cm³/mol. The minimum Gasteiger partial charge on any atom is -0.489 e. The summed E-state index contributed by atoms with van der Waals surface area (Å²) in [6, 6.07) is 34.0. The molecule has 12 nitrogen and oxygen atoms in total. The van der Waals surface area contributed by atoms with E-state index in [-0.39, 0.29) is 12.3 Å². The van der Waals surface area contributed by atoms with E-state index in [4.69, 9.17) is 9.47 Å². The van der Waals surface area contributed by atoms with Gasteiger partial charge in [-0.05, 0) is 72.9 Å². The first-order chi connectivity index (χ1) is 25.2. The number of para-hydroxylation sites is 1. The van der Waals surface area contributed by atoms with Crippen LogP contribution in [0.15, 0.2) is 115 Å². The van der Waals surface area contributed by atoms with Gasteiger partial charge in [0.2, 0.25) is 5.91 Å². The Balaban J connectivity index is 1.17. The van der Waals surface area contributed by atoms with Crippen LogP contribution in [-0.2, 0) is 35.5 Å². The number of aromatic nitrogens is 5. The second-order valence-electron chi connectivity index (χ2n) is 13.6. The van der Waals surface area contributed by atoms with Gasteiger partial charge in [-0.15, -0.1) is 5.10 Å².